The van der Waals surface area contributed by atoms with Crippen LogP contribution in [0.4, 0.5) is 8.78 Å². The molecule has 3 aromatic rings. The molecule has 3 rings (SSSR count). The zero-order valence-corrected chi connectivity index (χ0v) is 21.9. The maximum absolute atomic E-state index is 13.4. The molecule has 2 unspecified atom stereocenters. The van der Waals surface area contributed by atoms with Crippen molar-refractivity contribution in [3.8, 4) is 0 Å². The molecule has 0 fully saturated rings. The van der Waals surface area contributed by atoms with Crippen molar-refractivity contribution in [2.75, 3.05) is 6.79 Å². The van der Waals surface area contributed by atoms with Crippen molar-refractivity contribution < 1.29 is 37.1 Å². The highest BCUT2D eigenvalue weighted by atomic mass is 35.5. The highest BCUT2D eigenvalue weighted by Gasteiger charge is 2.42. The molecule has 1 aromatic heterocycles. The molecule has 0 aliphatic carbocycles. The number of carbonyl (C=O) groups excluding carboxylic acids is 2. The molecular formula is C24H23ClF2NO6PS. The number of nitrogens with one attached hydrogen (secondary N) is 1. The lowest BCUT2D eigenvalue weighted by molar-refractivity contribution is -0.159. The summed E-state index contributed by atoms with van der Waals surface area (Å²) in [6, 6.07) is 7.68. The van der Waals surface area contributed by atoms with Crippen molar-refractivity contribution >= 4 is 58.6 Å². The summed E-state index contributed by atoms with van der Waals surface area (Å²) in [4.78, 5) is 35.9. The number of fused-ring (bicyclic) bond motifs is 1. The Kier molecular flexibility index (Phi) is 8.69. The first-order valence-electron chi connectivity index (χ1n) is 10.5. The fourth-order valence-corrected chi connectivity index (χ4v) is 5.64. The topological polar surface area (TPSA) is 102 Å². The van der Waals surface area contributed by atoms with Gasteiger partial charge in [-0.1, -0.05) is 11.6 Å². The maximum atomic E-state index is 13.4. The van der Waals surface area contributed by atoms with Gasteiger partial charge in [-0.15, -0.1) is 11.3 Å². The molecule has 2 N–H and O–H groups in total. The Balaban J connectivity index is 1.90. The van der Waals surface area contributed by atoms with E-state index in [0.29, 0.717) is 21.2 Å². The monoisotopic (exact) mass is 557 g/mol. The molecule has 0 saturated carbocycles. The van der Waals surface area contributed by atoms with Gasteiger partial charge in [-0.3, -0.25) is 18.7 Å². The van der Waals surface area contributed by atoms with E-state index < -0.39 is 49.0 Å². The Bertz CT molecular complexity index is 1350. The van der Waals surface area contributed by atoms with Crippen LogP contribution in [-0.2, 0) is 23.4 Å². The third kappa shape index (κ3) is 6.99. The average Bonchev–Trinajstić information content (AvgIpc) is 3.14. The summed E-state index contributed by atoms with van der Waals surface area (Å²) in [6.07, 6.45) is 2.31. The van der Waals surface area contributed by atoms with Crippen LogP contribution in [0.2, 0.25) is 5.02 Å². The van der Waals surface area contributed by atoms with Crippen molar-refractivity contribution in [3.63, 3.8) is 0 Å². The number of esters is 1. The van der Waals surface area contributed by atoms with Crippen molar-refractivity contribution in [2.45, 2.75) is 26.4 Å². The number of carbonyl (C=O) groups is 2. The Labute approximate surface area is 215 Å². The van der Waals surface area contributed by atoms with E-state index in [-0.39, 0.29) is 11.1 Å². The molecule has 0 spiro atoms. The van der Waals surface area contributed by atoms with Crippen LogP contribution in [0, 0.1) is 17.0 Å². The number of rotatable bonds is 8. The summed E-state index contributed by atoms with van der Waals surface area (Å²) >= 11 is 7.32. The number of amides is 1. The average molecular weight is 558 g/mol. The molecule has 2 atom stereocenters. The number of halogens is 3. The number of thiophene rings is 1. The van der Waals surface area contributed by atoms with Gasteiger partial charge in [-0.25, -0.2) is 8.78 Å². The highest BCUT2D eigenvalue weighted by molar-refractivity contribution is 7.54. The van der Waals surface area contributed by atoms with Gasteiger partial charge >= 0.3 is 13.6 Å². The molecule has 0 aliphatic rings. The van der Waals surface area contributed by atoms with Gasteiger partial charge in [-0.05, 0) is 79.1 Å². The fourth-order valence-electron chi connectivity index (χ4n) is 3.11. The third-order valence-electron chi connectivity index (χ3n) is 4.86. The number of benzene rings is 2. The second-order valence-corrected chi connectivity index (χ2v) is 12.0. The molecule has 1 amide bonds. The summed E-state index contributed by atoms with van der Waals surface area (Å²) in [7, 11) is -4.78. The fraction of sp³-hybridized carbons (Fsp3) is 0.250. The van der Waals surface area contributed by atoms with Gasteiger partial charge in [0.05, 0.1) is 5.41 Å². The minimum atomic E-state index is -4.78. The van der Waals surface area contributed by atoms with E-state index in [1.165, 1.54) is 22.8 Å². The van der Waals surface area contributed by atoms with Crippen LogP contribution in [0.1, 0.15) is 37.6 Å². The van der Waals surface area contributed by atoms with Crippen LogP contribution in [-0.4, -0.2) is 23.6 Å². The van der Waals surface area contributed by atoms with Crippen LogP contribution < -0.4 is 5.32 Å². The molecule has 1 heterocycles. The lowest BCUT2D eigenvalue weighted by Gasteiger charge is -2.22. The summed E-state index contributed by atoms with van der Waals surface area (Å²) in [5, 5.41) is 4.70. The quantitative estimate of drug-likeness (QED) is 0.188. The zero-order chi connectivity index (χ0) is 26.7. The van der Waals surface area contributed by atoms with E-state index in [9.17, 15) is 27.8 Å². The largest absolute Gasteiger partial charge is 0.438 e. The van der Waals surface area contributed by atoms with Gasteiger partial charge < -0.3 is 14.9 Å². The predicted molar refractivity (Wildman–Crippen MR) is 134 cm³/mol. The van der Waals surface area contributed by atoms with E-state index in [0.717, 1.165) is 18.3 Å². The van der Waals surface area contributed by atoms with Gasteiger partial charge in [0.1, 0.15) is 11.6 Å². The summed E-state index contributed by atoms with van der Waals surface area (Å²) in [6.45, 7) is 3.95. The predicted octanol–water partition coefficient (Wildman–Crippen LogP) is 6.41. The first-order valence-corrected chi connectivity index (χ1v) is 13.4. The number of hydrogen-bond donors (Lipinski definition) is 2. The molecule has 12 heteroatoms. The van der Waals surface area contributed by atoms with Crippen LogP contribution in [0.3, 0.4) is 0 Å². The van der Waals surface area contributed by atoms with Gasteiger partial charge in [0, 0.05) is 22.0 Å². The van der Waals surface area contributed by atoms with E-state index in [4.69, 9.17) is 20.9 Å². The van der Waals surface area contributed by atoms with Gasteiger partial charge in [-0.2, -0.15) is 0 Å². The number of ether oxygens (including phenoxy) is 1. The minimum absolute atomic E-state index is 0.120. The van der Waals surface area contributed by atoms with Crippen molar-refractivity contribution in [2.24, 2.45) is 5.41 Å². The minimum Gasteiger partial charge on any atom is -0.438 e. The molecular weight excluding hydrogens is 535 g/mol. The Morgan fingerprint density at radius 2 is 1.86 bits per heavy atom. The molecule has 36 heavy (non-hydrogen) atoms. The van der Waals surface area contributed by atoms with Gasteiger partial charge in [0.25, 0.3) is 0 Å². The van der Waals surface area contributed by atoms with Crippen molar-refractivity contribution in [3.05, 3.63) is 75.8 Å². The van der Waals surface area contributed by atoms with E-state index >= 15 is 0 Å². The van der Waals surface area contributed by atoms with Crippen LogP contribution in [0.5, 0.6) is 0 Å². The molecule has 0 bridgehead atoms. The highest BCUT2D eigenvalue weighted by Crippen LogP contribution is 2.58. The summed E-state index contributed by atoms with van der Waals surface area (Å²) in [5.41, 5.74) is -2.31. The first kappa shape index (κ1) is 28.0. The van der Waals surface area contributed by atoms with Crippen molar-refractivity contribution in [1.82, 2.24) is 5.32 Å². The normalized spacial score (nSPS) is 14.5. The molecule has 0 saturated heterocycles. The molecule has 7 nitrogen and oxygen atoms in total. The van der Waals surface area contributed by atoms with Crippen molar-refractivity contribution in [1.29, 1.82) is 0 Å². The third-order valence-corrected chi connectivity index (χ3v) is 7.72. The van der Waals surface area contributed by atoms with Gasteiger partial charge in [0.2, 0.25) is 12.7 Å². The van der Waals surface area contributed by atoms with E-state index in [1.807, 2.05) is 0 Å². The van der Waals surface area contributed by atoms with Crippen LogP contribution in [0.15, 0.2) is 48.0 Å². The lowest BCUT2D eigenvalue weighted by atomic mass is 9.98. The summed E-state index contributed by atoms with van der Waals surface area (Å²) < 4.78 is 50.8. The summed E-state index contributed by atoms with van der Waals surface area (Å²) in [5.74, 6) is -3.21. The Hall–Kier alpha value is -2.62. The van der Waals surface area contributed by atoms with Crippen LogP contribution >= 0.6 is 30.5 Å². The van der Waals surface area contributed by atoms with Crippen LogP contribution in [0.25, 0.3) is 16.2 Å². The first-order chi connectivity index (χ1) is 16.8. The maximum Gasteiger partial charge on any atom is 0.347 e. The molecule has 2 aromatic carbocycles. The SMILES string of the molecule is CC(C)(C)C(=O)OCOP(=O)(O)C(C(=O)NC=Cc1cc(F)cc(F)c1)c1csc2ccc(Cl)cc12. The van der Waals surface area contributed by atoms with E-state index in [1.54, 1.807) is 39.0 Å². The van der Waals surface area contributed by atoms with E-state index in [2.05, 4.69) is 5.32 Å². The van der Waals surface area contributed by atoms with Gasteiger partial charge in [0.15, 0.2) is 5.66 Å². The Morgan fingerprint density at radius 3 is 2.50 bits per heavy atom. The molecule has 192 valence electrons. The second-order valence-electron chi connectivity index (χ2n) is 8.77. The lowest BCUT2D eigenvalue weighted by Crippen LogP contribution is -2.27. The standard InChI is InChI=1S/C24H23ClF2NO6PS/c1-24(2,3)23(30)33-13-34-35(31,32)21(19-12-36-20-5-4-15(25)10-18(19)20)22(29)28-7-6-14-8-16(26)11-17(27)9-14/h4-12,21H,13H2,1-3H3,(H,28,29)(H,31,32). The zero-order valence-electron chi connectivity index (χ0n) is 19.5. The Morgan fingerprint density at radius 1 is 1.19 bits per heavy atom. The second kappa shape index (κ2) is 11.2. The molecule has 0 radical (unpaired) electrons. The number of hydrogen-bond acceptors (Lipinski definition) is 6. The smallest absolute Gasteiger partial charge is 0.347 e. The molecule has 0 aliphatic heterocycles.